The van der Waals surface area contributed by atoms with Crippen LogP contribution in [0.1, 0.15) is 5.56 Å². The summed E-state index contributed by atoms with van der Waals surface area (Å²) in [4.78, 5) is 21.2. The molecule has 1 N–H and O–H groups in total. The lowest BCUT2D eigenvalue weighted by Crippen LogP contribution is -1.99. The molecule has 4 heterocycles. The number of halogens is 1. The Balaban J connectivity index is 1.42. The predicted molar refractivity (Wildman–Crippen MR) is 108 cm³/mol. The fraction of sp³-hybridized carbons (Fsp3) is 0.0526. The van der Waals surface area contributed by atoms with Crippen LogP contribution >= 0.6 is 11.6 Å². The molecular formula is C19H13ClN8O. The number of hydrogen-bond donors (Lipinski definition) is 1. The fourth-order valence-corrected chi connectivity index (χ4v) is 3.01. The van der Waals surface area contributed by atoms with Crippen LogP contribution in [0.5, 0.6) is 11.6 Å². The molecule has 0 aliphatic rings. The Morgan fingerprint density at radius 2 is 1.93 bits per heavy atom. The lowest BCUT2D eigenvalue weighted by molar-refractivity contribution is 0.458. The molecule has 0 fully saturated rings. The molecule has 1 aromatic carbocycles. The van der Waals surface area contributed by atoms with E-state index >= 15 is 0 Å². The molecule has 142 valence electrons. The molecule has 0 radical (unpaired) electrons. The summed E-state index contributed by atoms with van der Waals surface area (Å²) in [5, 5.41) is 7.66. The molecule has 0 unspecified atom stereocenters. The average molecular weight is 405 g/mol. The zero-order chi connectivity index (χ0) is 19.8. The lowest BCUT2D eigenvalue weighted by atomic mass is 10.2. The largest absolute Gasteiger partial charge is 0.439 e. The smallest absolute Gasteiger partial charge is 0.224 e. The van der Waals surface area contributed by atoms with Crippen LogP contribution in [-0.2, 0) is 0 Å². The van der Waals surface area contributed by atoms with Gasteiger partial charge in [-0.25, -0.2) is 29.4 Å². The number of hydrogen-bond acceptors (Lipinski definition) is 8. The third-order valence-electron chi connectivity index (χ3n) is 4.25. The Morgan fingerprint density at radius 3 is 2.83 bits per heavy atom. The molecule has 0 spiro atoms. The highest BCUT2D eigenvalue weighted by molar-refractivity contribution is 6.29. The van der Waals surface area contributed by atoms with Crippen molar-refractivity contribution in [2.24, 2.45) is 0 Å². The number of rotatable bonds is 4. The zero-order valence-electron chi connectivity index (χ0n) is 15.1. The quantitative estimate of drug-likeness (QED) is 0.449. The van der Waals surface area contributed by atoms with Gasteiger partial charge in [-0.15, -0.1) is 0 Å². The van der Waals surface area contributed by atoms with Gasteiger partial charge in [0.15, 0.2) is 11.5 Å². The first kappa shape index (κ1) is 17.3. The minimum Gasteiger partial charge on any atom is -0.439 e. The summed E-state index contributed by atoms with van der Waals surface area (Å²) in [7, 11) is 0. The number of fused-ring (bicyclic) bond motifs is 2. The van der Waals surface area contributed by atoms with E-state index in [1.54, 1.807) is 29.0 Å². The molecule has 0 atom stereocenters. The van der Waals surface area contributed by atoms with Gasteiger partial charge >= 0.3 is 0 Å². The van der Waals surface area contributed by atoms with E-state index in [4.69, 9.17) is 16.3 Å². The number of benzene rings is 1. The van der Waals surface area contributed by atoms with Gasteiger partial charge in [0.05, 0.1) is 5.52 Å². The zero-order valence-corrected chi connectivity index (χ0v) is 15.9. The lowest BCUT2D eigenvalue weighted by Gasteiger charge is -2.12. The van der Waals surface area contributed by atoms with Crippen LogP contribution in [0.15, 0.2) is 55.4 Å². The Kier molecular flexibility index (Phi) is 4.14. The molecule has 29 heavy (non-hydrogen) atoms. The van der Waals surface area contributed by atoms with Gasteiger partial charge in [0.1, 0.15) is 35.4 Å². The fourth-order valence-electron chi connectivity index (χ4n) is 2.87. The van der Waals surface area contributed by atoms with Gasteiger partial charge in [-0.2, -0.15) is 5.10 Å². The maximum Gasteiger partial charge on any atom is 0.224 e. The summed E-state index contributed by atoms with van der Waals surface area (Å²) in [5.74, 6) is 1.69. The number of pyridine rings is 1. The van der Waals surface area contributed by atoms with Crippen molar-refractivity contribution < 1.29 is 4.74 Å². The van der Waals surface area contributed by atoms with Crippen LogP contribution in [0.4, 0.5) is 11.5 Å². The van der Waals surface area contributed by atoms with Crippen LogP contribution < -0.4 is 10.1 Å². The molecule has 0 saturated carbocycles. The molecule has 10 heteroatoms. The minimum absolute atomic E-state index is 0.382. The topological polar surface area (TPSA) is 103 Å². The van der Waals surface area contributed by atoms with Crippen molar-refractivity contribution in [3.05, 3.63) is 66.1 Å². The summed E-state index contributed by atoms with van der Waals surface area (Å²) < 4.78 is 7.47. The van der Waals surface area contributed by atoms with E-state index < -0.39 is 0 Å². The van der Waals surface area contributed by atoms with Gasteiger partial charge in [-0.3, -0.25) is 0 Å². The number of aryl methyl sites for hydroxylation is 1. The van der Waals surface area contributed by atoms with Crippen molar-refractivity contribution in [1.29, 1.82) is 0 Å². The second kappa shape index (κ2) is 6.95. The van der Waals surface area contributed by atoms with Crippen LogP contribution in [0.25, 0.3) is 16.7 Å². The number of nitrogens with zero attached hydrogens (tertiary/aromatic N) is 7. The summed E-state index contributed by atoms with van der Waals surface area (Å²) in [5.41, 5.74) is 3.72. The maximum atomic E-state index is 6.02. The van der Waals surface area contributed by atoms with Gasteiger partial charge in [0.25, 0.3) is 0 Å². The van der Waals surface area contributed by atoms with Crippen molar-refractivity contribution in [3.8, 4) is 11.6 Å². The predicted octanol–water partition coefficient (Wildman–Crippen LogP) is 3.96. The maximum absolute atomic E-state index is 6.02. The van der Waals surface area contributed by atoms with E-state index in [2.05, 4.69) is 35.3 Å². The first-order valence-corrected chi connectivity index (χ1v) is 9.02. The molecule has 0 aliphatic heterocycles. The number of anilines is 2. The van der Waals surface area contributed by atoms with Crippen molar-refractivity contribution in [1.82, 2.24) is 34.5 Å². The first-order chi connectivity index (χ1) is 14.2. The van der Waals surface area contributed by atoms with E-state index in [1.807, 2.05) is 25.1 Å². The van der Waals surface area contributed by atoms with E-state index in [-0.39, 0.29) is 0 Å². The van der Waals surface area contributed by atoms with E-state index in [1.165, 1.54) is 12.7 Å². The van der Waals surface area contributed by atoms with Crippen LogP contribution in [-0.4, -0.2) is 34.5 Å². The van der Waals surface area contributed by atoms with Gasteiger partial charge in [0, 0.05) is 11.8 Å². The molecule has 5 rings (SSSR count). The second-order valence-electron chi connectivity index (χ2n) is 6.22. The molecule has 0 amide bonds. The second-order valence-corrected chi connectivity index (χ2v) is 6.61. The van der Waals surface area contributed by atoms with Gasteiger partial charge in [0.2, 0.25) is 5.88 Å². The Morgan fingerprint density at radius 1 is 1.00 bits per heavy atom. The van der Waals surface area contributed by atoms with Gasteiger partial charge in [-0.05, 0) is 42.8 Å². The summed E-state index contributed by atoms with van der Waals surface area (Å²) in [6.45, 7) is 1.95. The third-order valence-corrected chi connectivity index (χ3v) is 4.46. The molecule has 0 saturated heterocycles. The molecular weight excluding hydrogens is 392 g/mol. The number of nitrogens with one attached hydrogen (secondary N) is 1. The van der Waals surface area contributed by atoms with E-state index in [0.717, 1.165) is 11.3 Å². The molecule has 0 aliphatic carbocycles. The Hall–Kier alpha value is -3.85. The normalized spacial score (nSPS) is 11.1. The van der Waals surface area contributed by atoms with E-state index in [9.17, 15) is 0 Å². The molecule has 9 nitrogen and oxygen atoms in total. The van der Waals surface area contributed by atoms with Crippen LogP contribution in [0, 0.1) is 6.92 Å². The average Bonchev–Trinajstić information content (AvgIpc) is 3.18. The summed E-state index contributed by atoms with van der Waals surface area (Å²) in [6, 6.07) is 10.9. The molecule has 4 aromatic heterocycles. The Bertz CT molecular complexity index is 1350. The first-order valence-electron chi connectivity index (χ1n) is 8.64. The Labute approximate surface area is 169 Å². The minimum atomic E-state index is 0.382. The highest BCUT2D eigenvalue weighted by atomic mass is 35.5. The molecule has 5 aromatic rings. The van der Waals surface area contributed by atoms with Crippen molar-refractivity contribution in [2.75, 3.05) is 5.32 Å². The van der Waals surface area contributed by atoms with Gasteiger partial charge in [-0.1, -0.05) is 11.6 Å². The summed E-state index contributed by atoms with van der Waals surface area (Å²) >= 11 is 6.02. The SMILES string of the molecule is Cc1cc(Nc2ncnc3ccc(Cl)nc23)ccc1Oc1cc2ncnn2cn1. The van der Waals surface area contributed by atoms with E-state index in [0.29, 0.717) is 39.3 Å². The highest BCUT2D eigenvalue weighted by Crippen LogP contribution is 2.29. The number of ether oxygens (including phenoxy) is 1. The monoisotopic (exact) mass is 404 g/mol. The van der Waals surface area contributed by atoms with Crippen molar-refractivity contribution in [2.45, 2.75) is 6.92 Å². The van der Waals surface area contributed by atoms with Crippen molar-refractivity contribution in [3.63, 3.8) is 0 Å². The molecule has 0 bridgehead atoms. The van der Waals surface area contributed by atoms with Gasteiger partial charge < -0.3 is 10.1 Å². The standard InChI is InChI=1S/C19H13ClN8O/c1-11-6-12(26-19-18-13(21-8-23-19)3-5-15(20)27-18)2-4-14(11)29-17-7-16-22-9-25-28(16)10-24-17/h2-10H,1H3,(H,21,23,26). The van der Waals surface area contributed by atoms with Crippen molar-refractivity contribution >= 4 is 39.8 Å². The van der Waals surface area contributed by atoms with Crippen LogP contribution in [0.3, 0.4) is 0 Å². The number of aromatic nitrogens is 7. The highest BCUT2D eigenvalue weighted by Gasteiger charge is 2.09. The van der Waals surface area contributed by atoms with Crippen LogP contribution in [0.2, 0.25) is 5.15 Å². The third kappa shape index (κ3) is 3.39. The summed E-state index contributed by atoms with van der Waals surface area (Å²) in [6.07, 6.45) is 4.50.